The summed E-state index contributed by atoms with van der Waals surface area (Å²) in [4.78, 5) is 11.7. The molecule has 5 heterocycles. The SMILES string of the molecule is FC(F)Oc1cccnc1-c1ccc(-c2[nH]nc3ncc(-c4ccc5c(c4)CC[C@@H](N4C6COCC4C6)CC5)cc23)cc1. The summed E-state index contributed by atoms with van der Waals surface area (Å²) in [5.41, 5.74) is 8.55. The monoisotopic (exact) mass is 579 g/mol. The molecule has 2 fully saturated rings. The molecule has 218 valence electrons. The quantitative estimate of drug-likeness (QED) is 0.226. The number of pyridine rings is 2. The predicted molar refractivity (Wildman–Crippen MR) is 160 cm³/mol. The lowest BCUT2D eigenvalue weighted by Crippen LogP contribution is -2.66. The summed E-state index contributed by atoms with van der Waals surface area (Å²) in [6.45, 7) is -1.14. The summed E-state index contributed by atoms with van der Waals surface area (Å²) in [5.74, 6) is 0.0417. The Labute approximate surface area is 247 Å². The van der Waals surface area contributed by atoms with Crippen LogP contribution >= 0.6 is 0 Å². The smallest absolute Gasteiger partial charge is 0.387 e. The molecule has 3 aliphatic rings. The minimum atomic E-state index is -2.92. The van der Waals surface area contributed by atoms with Crippen molar-refractivity contribution in [2.45, 2.75) is 56.8 Å². The molecule has 43 heavy (non-hydrogen) atoms. The third-order valence-corrected chi connectivity index (χ3v) is 9.31. The molecular weight excluding hydrogens is 548 g/mol. The summed E-state index contributed by atoms with van der Waals surface area (Å²) < 4.78 is 36.2. The lowest BCUT2D eigenvalue weighted by atomic mass is 9.87. The van der Waals surface area contributed by atoms with Gasteiger partial charge in [-0.15, -0.1) is 0 Å². The molecular formula is C34H31F2N5O2. The van der Waals surface area contributed by atoms with E-state index in [-0.39, 0.29) is 5.75 Å². The molecule has 3 aromatic heterocycles. The van der Waals surface area contributed by atoms with Crippen LogP contribution in [0.15, 0.2) is 73.1 Å². The fourth-order valence-corrected chi connectivity index (χ4v) is 7.20. The number of fused-ring (bicyclic) bond motifs is 4. The number of alkyl halides is 2. The van der Waals surface area contributed by atoms with Crippen LogP contribution in [0.1, 0.15) is 30.4 Å². The summed E-state index contributed by atoms with van der Waals surface area (Å²) >= 11 is 0. The first-order valence-electron chi connectivity index (χ1n) is 14.9. The van der Waals surface area contributed by atoms with Gasteiger partial charge in [-0.1, -0.05) is 42.5 Å². The van der Waals surface area contributed by atoms with Gasteiger partial charge in [0.15, 0.2) is 11.4 Å². The third-order valence-electron chi connectivity index (χ3n) is 9.31. The molecule has 0 saturated carbocycles. The second-order valence-corrected chi connectivity index (χ2v) is 11.7. The fraction of sp³-hybridized carbons (Fsp3) is 0.324. The Morgan fingerprint density at radius 2 is 1.60 bits per heavy atom. The van der Waals surface area contributed by atoms with Crippen LogP contribution in [0.5, 0.6) is 5.75 Å². The highest BCUT2D eigenvalue weighted by Gasteiger charge is 2.45. The zero-order valence-electron chi connectivity index (χ0n) is 23.5. The van der Waals surface area contributed by atoms with Crippen molar-refractivity contribution in [2.24, 2.45) is 0 Å². The molecule has 7 nitrogen and oxygen atoms in total. The number of aryl methyl sites for hydroxylation is 2. The molecule has 0 radical (unpaired) electrons. The van der Waals surface area contributed by atoms with Crippen LogP contribution < -0.4 is 4.74 Å². The van der Waals surface area contributed by atoms with Crippen molar-refractivity contribution >= 4 is 11.0 Å². The van der Waals surface area contributed by atoms with Gasteiger partial charge in [-0.25, -0.2) is 4.98 Å². The molecule has 2 bridgehead atoms. The second kappa shape index (κ2) is 10.8. The van der Waals surface area contributed by atoms with E-state index in [1.165, 1.54) is 36.5 Å². The van der Waals surface area contributed by atoms with E-state index in [1.807, 2.05) is 30.5 Å². The van der Waals surface area contributed by atoms with E-state index < -0.39 is 6.61 Å². The normalized spacial score (nSPS) is 21.8. The van der Waals surface area contributed by atoms with Gasteiger partial charge >= 0.3 is 6.61 Å². The Hall–Kier alpha value is -4.21. The van der Waals surface area contributed by atoms with E-state index in [1.54, 1.807) is 12.3 Å². The second-order valence-electron chi connectivity index (χ2n) is 11.7. The number of ether oxygens (including phenoxy) is 2. The van der Waals surface area contributed by atoms with Gasteiger partial charge < -0.3 is 9.47 Å². The molecule has 9 heteroatoms. The molecule has 3 atom stereocenters. The van der Waals surface area contributed by atoms with Crippen molar-refractivity contribution in [1.82, 2.24) is 25.1 Å². The number of H-pyrrole nitrogens is 1. The molecule has 2 unspecified atom stereocenters. The Bertz CT molecular complexity index is 1780. The standard InChI is InChI=1S/C34H31F2N5O2/c35-34(36)43-30-2-1-13-37-32(30)22-6-4-21(5-7-22)31-29-15-25(17-38-33(29)40-39-31)24-8-3-20-9-11-26(12-10-23(20)14-24)41-27-16-28(41)19-42-18-27/h1-8,13-15,17,26-28,34H,9-12,16,18-19H2,(H,38,39,40)/t26-,27?,28?/m0/s1. The lowest BCUT2D eigenvalue weighted by Gasteiger charge is -2.56. The van der Waals surface area contributed by atoms with E-state index in [2.05, 4.69) is 54.1 Å². The van der Waals surface area contributed by atoms with Gasteiger partial charge in [0.2, 0.25) is 0 Å². The number of benzene rings is 2. The first-order chi connectivity index (χ1) is 21.1. The highest BCUT2D eigenvalue weighted by Crippen LogP contribution is 2.38. The van der Waals surface area contributed by atoms with E-state index in [9.17, 15) is 8.78 Å². The largest absolute Gasteiger partial charge is 0.432 e. The van der Waals surface area contributed by atoms with Gasteiger partial charge in [0.25, 0.3) is 0 Å². The first kappa shape index (κ1) is 26.4. The fourth-order valence-electron chi connectivity index (χ4n) is 7.20. The average molecular weight is 580 g/mol. The zero-order valence-corrected chi connectivity index (χ0v) is 23.5. The van der Waals surface area contributed by atoms with Gasteiger partial charge in [-0.3, -0.25) is 15.0 Å². The maximum absolute atomic E-state index is 12.9. The lowest BCUT2D eigenvalue weighted by molar-refractivity contribution is -0.148. The number of nitrogens with zero attached hydrogens (tertiary/aromatic N) is 4. The van der Waals surface area contributed by atoms with Gasteiger partial charge in [0, 0.05) is 52.6 Å². The molecule has 1 aliphatic carbocycles. The number of hydrogen-bond donors (Lipinski definition) is 1. The van der Waals surface area contributed by atoms with Crippen molar-refractivity contribution in [1.29, 1.82) is 0 Å². The topological polar surface area (TPSA) is 76.2 Å². The summed E-state index contributed by atoms with van der Waals surface area (Å²) in [7, 11) is 0. The van der Waals surface area contributed by atoms with Crippen LogP contribution in [0.4, 0.5) is 8.78 Å². The van der Waals surface area contributed by atoms with Crippen LogP contribution in [-0.2, 0) is 17.6 Å². The van der Waals surface area contributed by atoms with Crippen LogP contribution in [0.2, 0.25) is 0 Å². The van der Waals surface area contributed by atoms with E-state index in [0.717, 1.165) is 53.8 Å². The van der Waals surface area contributed by atoms with Gasteiger partial charge in [-0.2, -0.15) is 13.9 Å². The maximum atomic E-state index is 12.9. The highest BCUT2D eigenvalue weighted by molar-refractivity contribution is 5.93. The molecule has 2 aliphatic heterocycles. The number of morpholine rings is 1. The van der Waals surface area contributed by atoms with Crippen LogP contribution in [0, 0.1) is 0 Å². The van der Waals surface area contributed by atoms with Crippen molar-refractivity contribution in [3.63, 3.8) is 0 Å². The van der Waals surface area contributed by atoms with E-state index in [0.29, 0.717) is 35.0 Å². The van der Waals surface area contributed by atoms with Crippen molar-refractivity contribution < 1.29 is 18.3 Å². The number of rotatable bonds is 6. The van der Waals surface area contributed by atoms with Crippen LogP contribution in [-0.4, -0.2) is 63.0 Å². The molecule has 5 aromatic rings. The molecule has 1 N–H and O–H groups in total. The molecule has 2 aromatic carbocycles. The first-order valence-corrected chi connectivity index (χ1v) is 14.9. The minimum Gasteiger partial charge on any atom is -0.432 e. The van der Waals surface area contributed by atoms with Gasteiger partial charge in [0.1, 0.15) is 5.69 Å². The Morgan fingerprint density at radius 3 is 2.40 bits per heavy atom. The Balaban J connectivity index is 1.05. The van der Waals surface area contributed by atoms with E-state index >= 15 is 0 Å². The maximum Gasteiger partial charge on any atom is 0.387 e. The third kappa shape index (κ3) is 4.86. The number of aromatic amines is 1. The molecule has 0 amide bonds. The van der Waals surface area contributed by atoms with Crippen molar-refractivity contribution in [3.05, 3.63) is 84.2 Å². The van der Waals surface area contributed by atoms with Gasteiger partial charge in [-0.05, 0) is 67.0 Å². The number of nitrogens with one attached hydrogen (secondary N) is 1. The van der Waals surface area contributed by atoms with Crippen molar-refractivity contribution in [3.8, 4) is 39.4 Å². The predicted octanol–water partition coefficient (Wildman–Crippen LogP) is 6.68. The summed E-state index contributed by atoms with van der Waals surface area (Å²) in [6.07, 6.45) is 9.36. The number of halogens is 2. The summed E-state index contributed by atoms with van der Waals surface area (Å²) in [6, 6.07) is 21.5. The van der Waals surface area contributed by atoms with Crippen LogP contribution in [0.3, 0.4) is 0 Å². The average Bonchev–Trinajstić information content (AvgIpc) is 3.35. The zero-order chi connectivity index (χ0) is 28.9. The molecule has 2 saturated heterocycles. The molecule has 0 spiro atoms. The Morgan fingerprint density at radius 1 is 0.837 bits per heavy atom. The van der Waals surface area contributed by atoms with Crippen molar-refractivity contribution in [2.75, 3.05) is 13.2 Å². The highest BCUT2D eigenvalue weighted by atomic mass is 19.3. The number of aromatic nitrogens is 4. The van der Waals surface area contributed by atoms with E-state index in [4.69, 9.17) is 4.74 Å². The molecule has 8 rings (SSSR count). The van der Waals surface area contributed by atoms with Crippen LogP contribution in [0.25, 0.3) is 44.7 Å². The number of hydrogen-bond acceptors (Lipinski definition) is 6. The summed E-state index contributed by atoms with van der Waals surface area (Å²) in [5, 5.41) is 8.50. The minimum absolute atomic E-state index is 0.0417. The van der Waals surface area contributed by atoms with Gasteiger partial charge in [0.05, 0.1) is 18.9 Å². The Kier molecular flexibility index (Phi) is 6.64.